The summed E-state index contributed by atoms with van der Waals surface area (Å²) in [7, 11) is 1.62. The molecule has 2 N–H and O–H groups in total. The average molecular weight is 233 g/mol. The van der Waals surface area contributed by atoms with Crippen molar-refractivity contribution in [3.05, 3.63) is 29.7 Å². The lowest BCUT2D eigenvalue weighted by Gasteiger charge is -2.07. The van der Waals surface area contributed by atoms with Gasteiger partial charge in [0.2, 0.25) is 11.7 Å². The summed E-state index contributed by atoms with van der Waals surface area (Å²) in [5, 5.41) is 3.91. The number of rotatable bonds is 3. The summed E-state index contributed by atoms with van der Waals surface area (Å²) in [4.78, 5) is 4.25. The molecule has 5 nitrogen and oxygen atoms in total. The van der Waals surface area contributed by atoms with Crippen molar-refractivity contribution in [2.24, 2.45) is 5.73 Å². The van der Waals surface area contributed by atoms with Crippen LogP contribution in [-0.4, -0.2) is 17.3 Å². The zero-order valence-electron chi connectivity index (χ0n) is 10.1. The van der Waals surface area contributed by atoms with Gasteiger partial charge in [-0.15, -0.1) is 0 Å². The molecule has 0 aliphatic carbocycles. The van der Waals surface area contributed by atoms with Gasteiger partial charge in [0.1, 0.15) is 5.75 Å². The van der Waals surface area contributed by atoms with Gasteiger partial charge in [-0.3, -0.25) is 0 Å². The number of nitrogens with two attached hydrogens (primary N) is 1. The second-order valence-electron chi connectivity index (χ2n) is 3.90. The quantitative estimate of drug-likeness (QED) is 0.878. The Morgan fingerprint density at radius 3 is 2.76 bits per heavy atom. The van der Waals surface area contributed by atoms with Crippen LogP contribution in [0.1, 0.15) is 24.4 Å². The van der Waals surface area contributed by atoms with Crippen LogP contribution in [0.3, 0.4) is 0 Å². The first kappa shape index (κ1) is 11.6. The topological polar surface area (TPSA) is 74.2 Å². The minimum atomic E-state index is -0.271. The number of hydrogen-bond donors (Lipinski definition) is 1. The molecule has 1 unspecified atom stereocenters. The van der Waals surface area contributed by atoms with Gasteiger partial charge in [0.25, 0.3) is 0 Å². The summed E-state index contributed by atoms with van der Waals surface area (Å²) in [5.41, 5.74) is 7.51. The minimum Gasteiger partial charge on any atom is -0.496 e. The minimum absolute atomic E-state index is 0.271. The van der Waals surface area contributed by atoms with E-state index in [1.54, 1.807) is 14.0 Å². The molecule has 90 valence electrons. The van der Waals surface area contributed by atoms with E-state index in [-0.39, 0.29) is 6.04 Å². The number of para-hydroxylation sites is 1. The molecular formula is C12H15N3O2. The predicted octanol–water partition coefficient (Wildman–Crippen LogP) is 2.07. The highest BCUT2D eigenvalue weighted by Crippen LogP contribution is 2.31. The highest BCUT2D eigenvalue weighted by atomic mass is 16.5. The average Bonchev–Trinajstić information content (AvgIpc) is 2.77. The smallest absolute Gasteiger partial charge is 0.243 e. The van der Waals surface area contributed by atoms with Gasteiger partial charge in [-0.1, -0.05) is 17.3 Å². The van der Waals surface area contributed by atoms with Crippen molar-refractivity contribution < 1.29 is 9.26 Å². The fourth-order valence-corrected chi connectivity index (χ4v) is 1.63. The summed E-state index contributed by atoms with van der Waals surface area (Å²) < 4.78 is 10.4. The van der Waals surface area contributed by atoms with Crippen LogP contribution >= 0.6 is 0 Å². The number of nitrogens with zero attached hydrogens (tertiary/aromatic N) is 2. The zero-order chi connectivity index (χ0) is 12.4. The summed E-state index contributed by atoms with van der Waals surface area (Å²) in [6.07, 6.45) is 0. The fraction of sp³-hybridized carbons (Fsp3) is 0.333. The molecule has 0 saturated carbocycles. The molecule has 1 heterocycles. The third-order valence-corrected chi connectivity index (χ3v) is 2.49. The van der Waals surface area contributed by atoms with Crippen LogP contribution in [0.5, 0.6) is 5.75 Å². The predicted molar refractivity (Wildman–Crippen MR) is 63.6 cm³/mol. The Labute approximate surface area is 99.6 Å². The first-order chi connectivity index (χ1) is 8.13. The van der Waals surface area contributed by atoms with E-state index in [1.807, 2.05) is 25.1 Å². The second-order valence-corrected chi connectivity index (χ2v) is 3.90. The van der Waals surface area contributed by atoms with Crippen molar-refractivity contribution in [1.82, 2.24) is 10.1 Å². The Morgan fingerprint density at radius 1 is 1.41 bits per heavy atom. The summed E-state index contributed by atoms with van der Waals surface area (Å²) >= 11 is 0. The second kappa shape index (κ2) is 4.55. The fourth-order valence-electron chi connectivity index (χ4n) is 1.63. The van der Waals surface area contributed by atoms with Gasteiger partial charge in [-0.25, -0.2) is 0 Å². The van der Waals surface area contributed by atoms with Crippen LogP contribution in [0.15, 0.2) is 22.7 Å². The molecule has 1 atom stereocenters. The Kier molecular flexibility index (Phi) is 3.10. The first-order valence-electron chi connectivity index (χ1n) is 5.36. The van der Waals surface area contributed by atoms with Crippen LogP contribution < -0.4 is 10.5 Å². The third kappa shape index (κ3) is 2.14. The SMILES string of the molecule is COc1c(C)cccc1-c1noc(C(C)N)n1. The lowest BCUT2D eigenvalue weighted by Crippen LogP contribution is -2.04. The molecule has 0 amide bonds. The zero-order valence-corrected chi connectivity index (χ0v) is 10.1. The van der Waals surface area contributed by atoms with Gasteiger partial charge in [-0.05, 0) is 25.5 Å². The molecule has 0 saturated heterocycles. The summed E-state index contributed by atoms with van der Waals surface area (Å²) in [6, 6.07) is 5.51. The van der Waals surface area contributed by atoms with E-state index in [1.165, 1.54) is 0 Å². The van der Waals surface area contributed by atoms with Gasteiger partial charge in [0.05, 0.1) is 18.7 Å². The number of methoxy groups -OCH3 is 1. The maximum atomic E-state index is 5.68. The van der Waals surface area contributed by atoms with Crippen LogP contribution in [0.4, 0.5) is 0 Å². The lowest BCUT2D eigenvalue weighted by atomic mass is 10.1. The Balaban J connectivity index is 2.48. The van der Waals surface area contributed by atoms with E-state index >= 15 is 0 Å². The number of aryl methyl sites for hydroxylation is 1. The lowest BCUT2D eigenvalue weighted by molar-refractivity contribution is 0.361. The summed E-state index contributed by atoms with van der Waals surface area (Å²) in [5.74, 6) is 1.67. The van der Waals surface area contributed by atoms with Crippen molar-refractivity contribution in [1.29, 1.82) is 0 Å². The number of ether oxygens (including phenoxy) is 1. The molecule has 1 aromatic carbocycles. The van der Waals surface area contributed by atoms with Gasteiger partial charge < -0.3 is 15.0 Å². The highest BCUT2D eigenvalue weighted by Gasteiger charge is 2.16. The molecule has 1 aromatic heterocycles. The van der Waals surface area contributed by atoms with Crippen LogP contribution in [-0.2, 0) is 0 Å². The highest BCUT2D eigenvalue weighted by molar-refractivity contribution is 5.66. The molecule has 2 aromatic rings. The number of hydrogen-bond acceptors (Lipinski definition) is 5. The molecule has 0 spiro atoms. The Bertz CT molecular complexity index is 520. The number of benzene rings is 1. The molecule has 17 heavy (non-hydrogen) atoms. The van der Waals surface area contributed by atoms with E-state index < -0.39 is 0 Å². The largest absolute Gasteiger partial charge is 0.496 e. The maximum Gasteiger partial charge on any atom is 0.243 e. The van der Waals surface area contributed by atoms with E-state index in [4.69, 9.17) is 15.0 Å². The molecule has 0 fully saturated rings. The molecule has 0 radical (unpaired) electrons. The standard InChI is InChI=1S/C12H15N3O2/c1-7-5-4-6-9(10(7)16-3)11-14-12(8(2)13)17-15-11/h4-6,8H,13H2,1-3H3. The molecule has 2 rings (SSSR count). The number of aromatic nitrogens is 2. The van der Waals surface area contributed by atoms with Crippen molar-refractivity contribution in [3.63, 3.8) is 0 Å². The first-order valence-corrected chi connectivity index (χ1v) is 5.36. The monoisotopic (exact) mass is 233 g/mol. The van der Waals surface area contributed by atoms with E-state index in [0.717, 1.165) is 16.9 Å². The Morgan fingerprint density at radius 2 is 2.18 bits per heavy atom. The third-order valence-electron chi connectivity index (χ3n) is 2.49. The van der Waals surface area contributed by atoms with Gasteiger partial charge in [0, 0.05) is 0 Å². The van der Waals surface area contributed by atoms with Crippen molar-refractivity contribution in [3.8, 4) is 17.1 Å². The van der Waals surface area contributed by atoms with E-state index in [2.05, 4.69) is 10.1 Å². The molecule has 0 aliphatic rings. The summed E-state index contributed by atoms with van der Waals surface area (Å²) in [6.45, 7) is 3.76. The van der Waals surface area contributed by atoms with Crippen LogP contribution in [0, 0.1) is 6.92 Å². The normalized spacial score (nSPS) is 12.5. The maximum absolute atomic E-state index is 5.68. The van der Waals surface area contributed by atoms with Gasteiger partial charge in [0.15, 0.2) is 0 Å². The Hall–Kier alpha value is -1.88. The van der Waals surface area contributed by atoms with E-state index in [9.17, 15) is 0 Å². The van der Waals surface area contributed by atoms with Gasteiger partial charge in [-0.2, -0.15) is 4.98 Å². The van der Waals surface area contributed by atoms with Crippen LogP contribution in [0.25, 0.3) is 11.4 Å². The van der Waals surface area contributed by atoms with Crippen LogP contribution in [0.2, 0.25) is 0 Å². The molecule has 0 aliphatic heterocycles. The van der Waals surface area contributed by atoms with Gasteiger partial charge >= 0.3 is 0 Å². The van der Waals surface area contributed by atoms with Crippen molar-refractivity contribution in [2.45, 2.75) is 19.9 Å². The molecule has 0 bridgehead atoms. The van der Waals surface area contributed by atoms with Crippen molar-refractivity contribution >= 4 is 0 Å². The molecule has 5 heteroatoms. The van der Waals surface area contributed by atoms with E-state index in [0.29, 0.717) is 11.7 Å². The molecular weight excluding hydrogens is 218 g/mol. The van der Waals surface area contributed by atoms with Crippen molar-refractivity contribution in [2.75, 3.05) is 7.11 Å².